The molecule has 0 spiro atoms. The van der Waals surface area contributed by atoms with E-state index in [1.54, 1.807) is 30.3 Å². The lowest BCUT2D eigenvalue weighted by molar-refractivity contribution is 0.577. The average Bonchev–Trinajstić information content (AvgIpc) is 2.36. The van der Waals surface area contributed by atoms with Gasteiger partial charge in [-0.05, 0) is 24.6 Å². The maximum Gasteiger partial charge on any atom is 0.227 e. The summed E-state index contributed by atoms with van der Waals surface area (Å²) in [4.78, 5) is 0. The summed E-state index contributed by atoms with van der Waals surface area (Å²) >= 11 is 0. The SMILES string of the molecule is CC(C#N)S(=O)(=O)NCc1ccc(C#N)cc1. The Balaban J connectivity index is 2.69. The zero-order chi connectivity index (χ0) is 12.9. The summed E-state index contributed by atoms with van der Waals surface area (Å²) in [6, 6.07) is 10.2. The molecule has 1 aromatic rings. The Labute approximate surface area is 100 Å². The molecule has 0 aliphatic heterocycles. The quantitative estimate of drug-likeness (QED) is 0.857. The van der Waals surface area contributed by atoms with E-state index in [4.69, 9.17) is 10.5 Å². The summed E-state index contributed by atoms with van der Waals surface area (Å²) in [6.45, 7) is 1.43. The van der Waals surface area contributed by atoms with Crippen LogP contribution in [0.1, 0.15) is 18.1 Å². The highest BCUT2D eigenvalue weighted by atomic mass is 32.2. The van der Waals surface area contributed by atoms with E-state index in [1.807, 2.05) is 6.07 Å². The number of rotatable bonds is 4. The van der Waals surface area contributed by atoms with Crippen molar-refractivity contribution < 1.29 is 8.42 Å². The van der Waals surface area contributed by atoms with Crippen molar-refractivity contribution >= 4 is 10.0 Å². The predicted molar refractivity (Wildman–Crippen MR) is 62.0 cm³/mol. The van der Waals surface area contributed by atoms with Crippen LogP contribution in [0.3, 0.4) is 0 Å². The summed E-state index contributed by atoms with van der Waals surface area (Å²) < 4.78 is 25.3. The Morgan fingerprint density at radius 3 is 2.35 bits per heavy atom. The van der Waals surface area contributed by atoms with Gasteiger partial charge < -0.3 is 0 Å². The molecular weight excluding hydrogens is 238 g/mol. The Kier molecular flexibility index (Phi) is 4.22. The molecule has 0 saturated carbocycles. The number of nitriles is 2. The number of nitrogens with zero attached hydrogens (tertiary/aromatic N) is 2. The van der Waals surface area contributed by atoms with Crippen molar-refractivity contribution in [3.8, 4) is 12.1 Å². The molecule has 0 bridgehead atoms. The van der Waals surface area contributed by atoms with Gasteiger partial charge >= 0.3 is 0 Å². The van der Waals surface area contributed by atoms with Crippen LogP contribution in [0.2, 0.25) is 0 Å². The minimum atomic E-state index is -3.60. The van der Waals surface area contributed by atoms with Crippen molar-refractivity contribution in [2.45, 2.75) is 18.7 Å². The van der Waals surface area contributed by atoms with Gasteiger partial charge in [0.2, 0.25) is 10.0 Å². The Morgan fingerprint density at radius 1 is 1.29 bits per heavy atom. The molecule has 0 saturated heterocycles. The molecule has 88 valence electrons. The molecule has 1 N–H and O–H groups in total. The fraction of sp³-hybridized carbons (Fsp3) is 0.273. The van der Waals surface area contributed by atoms with E-state index in [-0.39, 0.29) is 6.54 Å². The third-order valence-electron chi connectivity index (χ3n) is 2.21. The van der Waals surface area contributed by atoms with E-state index < -0.39 is 15.3 Å². The lowest BCUT2D eigenvalue weighted by atomic mass is 10.1. The van der Waals surface area contributed by atoms with Gasteiger partial charge in [-0.1, -0.05) is 12.1 Å². The molecule has 1 aromatic carbocycles. The van der Waals surface area contributed by atoms with Crippen LogP contribution in [-0.4, -0.2) is 13.7 Å². The highest BCUT2D eigenvalue weighted by molar-refractivity contribution is 7.90. The van der Waals surface area contributed by atoms with Crippen LogP contribution in [0, 0.1) is 22.7 Å². The second-order valence-corrected chi connectivity index (χ2v) is 5.53. The summed E-state index contributed by atoms with van der Waals surface area (Å²) in [5.74, 6) is 0. The maximum absolute atomic E-state index is 11.5. The normalized spacial score (nSPS) is 12.4. The first-order valence-electron chi connectivity index (χ1n) is 4.86. The zero-order valence-electron chi connectivity index (χ0n) is 9.21. The van der Waals surface area contributed by atoms with Gasteiger partial charge in [-0.2, -0.15) is 10.5 Å². The van der Waals surface area contributed by atoms with Crippen LogP contribution < -0.4 is 4.72 Å². The summed E-state index contributed by atoms with van der Waals surface area (Å²) in [6.07, 6.45) is 0. The van der Waals surface area contributed by atoms with E-state index in [9.17, 15) is 8.42 Å². The van der Waals surface area contributed by atoms with Crippen molar-refractivity contribution in [1.29, 1.82) is 10.5 Å². The Hall–Kier alpha value is -1.89. The van der Waals surface area contributed by atoms with Crippen LogP contribution >= 0.6 is 0 Å². The topological polar surface area (TPSA) is 93.8 Å². The summed E-state index contributed by atoms with van der Waals surface area (Å²) in [7, 11) is -3.60. The molecule has 17 heavy (non-hydrogen) atoms. The van der Waals surface area contributed by atoms with Crippen LogP contribution in [0.15, 0.2) is 24.3 Å². The molecule has 0 aliphatic carbocycles. The molecule has 1 atom stereocenters. The lowest BCUT2D eigenvalue weighted by Crippen LogP contribution is -2.31. The molecule has 0 aromatic heterocycles. The molecule has 0 amide bonds. The fourth-order valence-electron chi connectivity index (χ4n) is 1.08. The predicted octanol–water partition coefficient (Wildman–Crippen LogP) is 0.890. The van der Waals surface area contributed by atoms with Crippen molar-refractivity contribution in [2.75, 3.05) is 0 Å². The summed E-state index contributed by atoms with van der Waals surface area (Å²) in [5.41, 5.74) is 1.25. The van der Waals surface area contributed by atoms with E-state index in [2.05, 4.69) is 4.72 Å². The van der Waals surface area contributed by atoms with Crippen molar-refractivity contribution in [3.05, 3.63) is 35.4 Å². The molecule has 1 unspecified atom stereocenters. The van der Waals surface area contributed by atoms with Gasteiger partial charge in [0.15, 0.2) is 5.25 Å². The monoisotopic (exact) mass is 249 g/mol. The second-order valence-electron chi connectivity index (χ2n) is 3.45. The zero-order valence-corrected chi connectivity index (χ0v) is 10.0. The van der Waals surface area contributed by atoms with Crippen LogP contribution in [-0.2, 0) is 16.6 Å². The Bertz CT molecular complexity index is 564. The standard InChI is InChI=1S/C11H11N3O2S/c1-9(6-12)17(15,16)14-8-11-4-2-10(7-13)3-5-11/h2-5,9,14H,8H2,1H3. The highest BCUT2D eigenvalue weighted by Crippen LogP contribution is 2.04. The van der Waals surface area contributed by atoms with E-state index in [0.29, 0.717) is 5.56 Å². The second kappa shape index (κ2) is 5.44. The maximum atomic E-state index is 11.5. The van der Waals surface area contributed by atoms with Crippen molar-refractivity contribution in [2.24, 2.45) is 0 Å². The minimum absolute atomic E-state index is 0.111. The van der Waals surface area contributed by atoms with Gasteiger partial charge in [-0.3, -0.25) is 0 Å². The number of benzene rings is 1. The first kappa shape index (κ1) is 13.2. The van der Waals surface area contributed by atoms with Gasteiger partial charge in [-0.15, -0.1) is 0 Å². The Morgan fingerprint density at radius 2 is 1.88 bits per heavy atom. The largest absolute Gasteiger partial charge is 0.227 e. The van der Waals surface area contributed by atoms with Gasteiger partial charge in [0.1, 0.15) is 0 Å². The first-order valence-corrected chi connectivity index (χ1v) is 6.41. The van der Waals surface area contributed by atoms with Crippen LogP contribution in [0.25, 0.3) is 0 Å². The number of hydrogen-bond acceptors (Lipinski definition) is 4. The average molecular weight is 249 g/mol. The molecule has 6 heteroatoms. The molecule has 1 rings (SSSR count). The molecular formula is C11H11N3O2S. The number of sulfonamides is 1. The minimum Gasteiger partial charge on any atom is -0.211 e. The van der Waals surface area contributed by atoms with Gasteiger partial charge in [0, 0.05) is 6.54 Å². The van der Waals surface area contributed by atoms with E-state index in [0.717, 1.165) is 5.56 Å². The summed E-state index contributed by atoms with van der Waals surface area (Å²) in [5, 5.41) is 16.0. The molecule has 5 nitrogen and oxygen atoms in total. The molecule has 0 radical (unpaired) electrons. The molecule has 0 fully saturated rings. The smallest absolute Gasteiger partial charge is 0.211 e. The van der Waals surface area contributed by atoms with E-state index in [1.165, 1.54) is 6.92 Å². The number of nitrogens with one attached hydrogen (secondary N) is 1. The third-order valence-corrected chi connectivity index (χ3v) is 3.79. The van der Waals surface area contributed by atoms with Gasteiger partial charge in [-0.25, -0.2) is 13.1 Å². The van der Waals surface area contributed by atoms with Crippen LogP contribution in [0.5, 0.6) is 0 Å². The lowest BCUT2D eigenvalue weighted by Gasteiger charge is -2.07. The molecule has 0 heterocycles. The highest BCUT2D eigenvalue weighted by Gasteiger charge is 2.19. The van der Waals surface area contributed by atoms with Crippen molar-refractivity contribution in [3.63, 3.8) is 0 Å². The van der Waals surface area contributed by atoms with Gasteiger partial charge in [0.25, 0.3) is 0 Å². The van der Waals surface area contributed by atoms with Crippen molar-refractivity contribution in [1.82, 2.24) is 4.72 Å². The molecule has 0 aliphatic rings. The number of hydrogen-bond donors (Lipinski definition) is 1. The van der Waals surface area contributed by atoms with E-state index >= 15 is 0 Å². The van der Waals surface area contributed by atoms with Crippen LogP contribution in [0.4, 0.5) is 0 Å². The van der Waals surface area contributed by atoms with Gasteiger partial charge in [0.05, 0.1) is 17.7 Å². The fourth-order valence-corrected chi connectivity index (χ4v) is 1.83. The first-order chi connectivity index (χ1) is 7.99. The third kappa shape index (κ3) is 3.56.